The summed E-state index contributed by atoms with van der Waals surface area (Å²) in [6, 6.07) is 21.4. The molecule has 22 heavy (non-hydrogen) atoms. The number of thioether (sulfide) groups is 1. The maximum Gasteiger partial charge on any atom is 0.136 e. The highest BCUT2D eigenvalue weighted by atomic mass is 32.2. The van der Waals surface area contributed by atoms with Gasteiger partial charge in [0.05, 0.1) is 0 Å². The largest absolute Gasteiger partial charge is 0.358 e. The zero-order chi connectivity index (χ0) is 15.2. The van der Waals surface area contributed by atoms with Crippen LogP contribution in [0.25, 0.3) is 0 Å². The molecule has 0 bridgehead atoms. The number of nitrogens with zero attached hydrogens (tertiary/aromatic N) is 1. The first-order valence-electron chi connectivity index (χ1n) is 7.87. The van der Waals surface area contributed by atoms with Gasteiger partial charge < -0.3 is 4.90 Å². The van der Waals surface area contributed by atoms with E-state index in [4.69, 9.17) is 12.2 Å². The van der Waals surface area contributed by atoms with E-state index in [1.165, 1.54) is 24.0 Å². The lowest BCUT2D eigenvalue weighted by Gasteiger charge is -2.23. The molecule has 0 saturated carbocycles. The average molecular weight is 328 g/mol. The van der Waals surface area contributed by atoms with Crippen molar-refractivity contribution in [2.45, 2.75) is 24.5 Å². The van der Waals surface area contributed by atoms with E-state index in [2.05, 4.69) is 65.6 Å². The van der Waals surface area contributed by atoms with Gasteiger partial charge in [-0.1, -0.05) is 84.6 Å². The molecule has 1 atom stereocenters. The van der Waals surface area contributed by atoms with Crippen LogP contribution in [0.1, 0.15) is 29.2 Å². The molecule has 1 nitrogen and oxygen atoms in total. The second-order valence-electron chi connectivity index (χ2n) is 5.67. The molecule has 0 aromatic heterocycles. The van der Waals surface area contributed by atoms with E-state index in [1.54, 1.807) is 0 Å². The average Bonchev–Trinajstić information content (AvgIpc) is 3.11. The fraction of sp³-hybridized carbons (Fsp3) is 0.316. The molecule has 0 amide bonds. The van der Waals surface area contributed by atoms with Crippen molar-refractivity contribution in [2.75, 3.05) is 13.1 Å². The van der Waals surface area contributed by atoms with Gasteiger partial charge in [0.15, 0.2) is 0 Å². The summed E-state index contributed by atoms with van der Waals surface area (Å²) in [6.07, 6.45) is 3.56. The normalized spacial score (nSPS) is 15.7. The molecule has 1 fully saturated rings. The van der Waals surface area contributed by atoms with Crippen LogP contribution in [-0.2, 0) is 6.42 Å². The second-order valence-corrected chi connectivity index (χ2v) is 7.50. The minimum atomic E-state index is 0.386. The first-order valence-corrected chi connectivity index (χ1v) is 9.16. The lowest BCUT2D eigenvalue weighted by atomic mass is 10.0. The molecule has 114 valence electrons. The van der Waals surface area contributed by atoms with E-state index in [1.807, 2.05) is 11.8 Å². The molecule has 0 N–H and O–H groups in total. The summed E-state index contributed by atoms with van der Waals surface area (Å²) < 4.78 is 1.06. The van der Waals surface area contributed by atoms with E-state index >= 15 is 0 Å². The van der Waals surface area contributed by atoms with E-state index in [9.17, 15) is 0 Å². The maximum atomic E-state index is 5.70. The van der Waals surface area contributed by atoms with Crippen LogP contribution in [0.3, 0.4) is 0 Å². The highest BCUT2D eigenvalue weighted by Gasteiger charge is 2.21. The molecule has 1 aliphatic heterocycles. The molecule has 1 aliphatic rings. The lowest BCUT2D eigenvalue weighted by molar-refractivity contribution is 0.539. The molecule has 3 heteroatoms. The Bertz CT molecular complexity index is 591. The van der Waals surface area contributed by atoms with Gasteiger partial charge in [0, 0.05) is 18.3 Å². The van der Waals surface area contributed by atoms with Gasteiger partial charge >= 0.3 is 0 Å². The van der Waals surface area contributed by atoms with Crippen molar-refractivity contribution in [1.29, 1.82) is 0 Å². The van der Waals surface area contributed by atoms with E-state index in [0.29, 0.717) is 5.25 Å². The number of thiocarbonyl (C=S) groups is 1. The van der Waals surface area contributed by atoms with Gasteiger partial charge in [0.1, 0.15) is 4.32 Å². The third-order valence-corrected chi connectivity index (χ3v) is 5.77. The van der Waals surface area contributed by atoms with Crippen molar-refractivity contribution in [1.82, 2.24) is 4.90 Å². The quantitative estimate of drug-likeness (QED) is 0.721. The van der Waals surface area contributed by atoms with Gasteiger partial charge in [-0.25, -0.2) is 0 Å². The molecular weight excluding hydrogens is 306 g/mol. The fourth-order valence-electron chi connectivity index (χ4n) is 2.82. The van der Waals surface area contributed by atoms with Gasteiger partial charge in [-0.3, -0.25) is 0 Å². The number of hydrogen-bond acceptors (Lipinski definition) is 2. The van der Waals surface area contributed by atoms with Crippen molar-refractivity contribution in [3.8, 4) is 0 Å². The predicted molar refractivity (Wildman–Crippen MR) is 100 cm³/mol. The van der Waals surface area contributed by atoms with Crippen molar-refractivity contribution >= 4 is 28.3 Å². The van der Waals surface area contributed by atoms with E-state index in [-0.39, 0.29) is 0 Å². The van der Waals surface area contributed by atoms with Crippen LogP contribution in [0.4, 0.5) is 0 Å². The number of rotatable bonds is 4. The highest BCUT2D eigenvalue weighted by molar-refractivity contribution is 8.23. The van der Waals surface area contributed by atoms with Crippen LogP contribution in [0.5, 0.6) is 0 Å². The molecule has 0 spiro atoms. The van der Waals surface area contributed by atoms with Crippen molar-refractivity contribution < 1.29 is 0 Å². The molecule has 1 heterocycles. The standard InChI is InChI=1S/C19H21NS2/c21-19(20-13-7-8-14-20)22-18(17-11-5-2-6-12-17)15-16-9-3-1-4-10-16/h1-6,9-12,18H,7-8,13-15H2. The molecule has 2 aromatic rings. The fourth-order valence-corrected chi connectivity index (χ4v) is 4.49. The Kier molecular flexibility index (Phi) is 5.52. The topological polar surface area (TPSA) is 3.24 Å². The summed E-state index contributed by atoms with van der Waals surface area (Å²) in [5.41, 5.74) is 2.73. The number of hydrogen-bond donors (Lipinski definition) is 0. The summed E-state index contributed by atoms with van der Waals surface area (Å²) in [4.78, 5) is 2.36. The van der Waals surface area contributed by atoms with Gasteiger partial charge in [-0.2, -0.15) is 0 Å². The molecule has 3 rings (SSSR count). The Morgan fingerprint density at radius 2 is 1.55 bits per heavy atom. The minimum Gasteiger partial charge on any atom is -0.358 e. The van der Waals surface area contributed by atoms with Crippen LogP contribution in [0, 0.1) is 0 Å². The molecule has 1 unspecified atom stereocenters. The lowest BCUT2D eigenvalue weighted by Crippen LogP contribution is -2.24. The van der Waals surface area contributed by atoms with Gasteiger partial charge in [0.25, 0.3) is 0 Å². The van der Waals surface area contributed by atoms with Gasteiger partial charge in [-0.05, 0) is 30.4 Å². The van der Waals surface area contributed by atoms with Crippen LogP contribution in [0.15, 0.2) is 60.7 Å². The molecule has 0 radical (unpaired) electrons. The maximum absolute atomic E-state index is 5.70. The van der Waals surface area contributed by atoms with E-state index < -0.39 is 0 Å². The first kappa shape index (κ1) is 15.6. The Morgan fingerprint density at radius 3 is 2.18 bits per heavy atom. The monoisotopic (exact) mass is 327 g/mol. The second kappa shape index (κ2) is 7.80. The summed E-state index contributed by atoms with van der Waals surface area (Å²) in [5, 5.41) is 0.386. The summed E-state index contributed by atoms with van der Waals surface area (Å²) in [6.45, 7) is 2.25. The zero-order valence-corrected chi connectivity index (χ0v) is 14.3. The molecule has 1 saturated heterocycles. The SMILES string of the molecule is S=C(SC(Cc1ccccc1)c1ccccc1)N1CCCC1. The van der Waals surface area contributed by atoms with Crippen LogP contribution < -0.4 is 0 Å². The number of likely N-dealkylation sites (tertiary alicyclic amines) is 1. The number of benzene rings is 2. The van der Waals surface area contributed by atoms with Crippen molar-refractivity contribution in [3.05, 3.63) is 71.8 Å². The Balaban J connectivity index is 1.75. The van der Waals surface area contributed by atoms with Gasteiger partial charge in [0.2, 0.25) is 0 Å². The summed E-state index contributed by atoms with van der Waals surface area (Å²) in [5.74, 6) is 0. The minimum absolute atomic E-state index is 0.386. The van der Waals surface area contributed by atoms with Gasteiger partial charge in [-0.15, -0.1) is 0 Å². The summed E-state index contributed by atoms with van der Waals surface area (Å²) >= 11 is 7.54. The predicted octanol–water partition coefficient (Wildman–Crippen LogP) is 5.08. The summed E-state index contributed by atoms with van der Waals surface area (Å²) in [7, 11) is 0. The smallest absolute Gasteiger partial charge is 0.136 e. The van der Waals surface area contributed by atoms with Crippen LogP contribution in [0.2, 0.25) is 0 Å². The molecule has 2 aromatic carbocycles. The zero-order valence-electron chi connectivity index (χ0n) is 12.7. The van der Waals surface area contributed by atoms with Crippen molar-refractivity contribution in [2.24, 2.45) is 0 Å². The first-order chi connectivity index (χ1) is 10.8. The van der Waals surface area contributed by atoms with Crippen LogP contribution >= 0.6 is 24.0 Å². The molecule has 0 aliphatic carbocycles. The highest BCUT2D eigenvalue weighted by Crippen LogP contribution is 2.35. The third-order valence-electron chi connectivity index (χ3n) is 4.04. The Labute approximate surface area is 142 Å². The Hall–Kier alpha value is -1.32. The van der Waals surface area contributed by atoms with Crippen LogP contribution in [-0.4, -0.2) is 22.3 Å². The molecular formula is C19H21NS2. The van der Waals surface area contributed by atoms with E-state index in [0.717, 1.165) is 23.8 Å². The third kappa shape index (κ3) is 4.11. The van der Waals surface area contributed by atoms with Crippen molar-refractivity contribution in [3.63, 3.8) is 0 Å². The Morgan fingerprint density at radius 1 is 0.955 bits per heavy atom.